The maximum absolute atomic E-state index is 6.04. The molecule has 0 saturated carbocycles. The molecule has 2 heterocycles. The fourth-order valence-corrected chi connectivity index (χ4v) is 2.88. The standard InChI is InChI=1S/C14H20IN5/c1-8(2)20-7-9(6-17-20)13-18-11(14(3,4)5)10(15)12(16)19-13/h6-8H,1-5H3,(H2,16,18,19). The van der Waals surface area contributed by atoms with Crippen molar-refractivity contribution in [2.24, 2.45) is 0 Å². The van der Waals surface area contributed by atoms with Crippen LogP contribution in [0.4, 0.5) is 5.82 Å². The van der Waals surface area contributed by atoms with Crippen LogP contribution in [0.25, 0.3) is 11.4 Å². The molecular formula is C14H20IN5. The molecule has 0 aliphatic rings. The van der Waals surface area contributed by atoms with E-state index in [1.54, 1.807) is 6.20 Å². The number of anilines is 1. The summed E-state index contributed by atoms with van der Waals surface area (Å²) in [7, 11) is 0. The van der Waals surface area contributed by atoms with Crippen molar-refractivity contribution in [2.45, 2.75) is 46.1 Å². The Morgan fingerprint density at radius 1 is 1.25 bits per heavy atom. The van der Waals surface area contributed by atoms with Crippen LogP contribution in [-0.4, -0.2) is 19.7 Å². The van der Waals surface area contributed by atoms with Gasteiger partial charge in [0.25, 0.3) is 0 Å². The number of halogens is 1. The Labute approximate surface area is 133 Å². The second kappa shape index (κ2) is 5.31. The van der Waals surface area contributed by atoms with E-state index in [1.165, 1.54) is 0 Å². The van der Waals surface area contributed by atoms with Crippen LogP contribution >= 0.6 is 22.6 Å². The van der Waals surface area contributed by atoms with Gasteiger partial charge in [-0.2, -0.15) is 5.10 Å². The summed E-state index contributed by atoms with van der Waals surface area (Å²) < 4.78 is 2.82. The first kappa shape index (κ1) is 15.2. The highest BCUT2D eigenvalue weighted by atomic mass is 127. The average Bonchev–Trinajstić information content (AvgIpc) is 2.80. The highest BCUT2D eigenvalue weighted by molar-refractivity contribution is 14.1. The molecule has 0 aliphatic carbocycles. The number of rotatable bonds is 2. The Kier molecular flexibility index (Phi) is 4.04. The Bertz CT molecular complexity index is 625. The number of nitrogens with zero attached hydrogens (tertiary/aromatic N) is 4. The quantitative estimate of drug-likeness (QED) is 0.805. The van der Waals surface area contributed by atoms with Crippen molar-refractivity contribution in [1.29, 1.82) is 0 Å². The van der Waals surface area contributed by atoms with Crippen LogP contribution in [-0.2, 0) is 5.41 Å². The number of nitrogens with two attached hydrogens (primary N) is 1. The second-order valence-corrected chi connectivity index (χ2v) is 7.23. The van der Waals surface area contributed by atoms with Crippen LogP contribution in [0.3, 0.4) is 0 Å². The first-order valence-electron chi connectivity index (χ1n) is 6.58. The van der Waals surface area contributed by atoms with Gasteiger partial charge in [0.2, 0.25) is 0 Å². The molecule has 0 bridgehead atoms. The molecule has 2 N–H and O–H groups in total. The zero-order valence-electron chi connectivity index (χ0n) is 12.5. The van der Waals surface area contributed by atoms with Gasteiger partial charge < -0.3 is 5.73 Å². The molecule has 5 nitrogen and oxygen atoms in total. The summed E-state index contributed by atoms with van der Waals surface area (Å²) in [6.45, 7) is 10.5. The lowest BCUT2D eigenvalue weighted by Crippen LogP contribution is -2.18. The predicted octanol–water partition coefficient (Wildman–Crippen LogP) is 3.41. The van der Waals surface area contributed by atoms with E-state index in [0.717, 1.165) is 14.8 Å². The summed E-state index contributed by atoms with van der Waals surface area (Å²) in [4.78, 5) is 9.09. The highest BCUT2D eigenvalue weighted by Gasteiger charge is 2.23. The summed E-state index contributed by atoms with van der Waals surface area (Å²) in [5.41, 5.74) is 7.83. The van der Waals surface area contributed by atoms with E-state index in [-0.39, 0.29) is 5.41 Å². The lowest BCUT2D eigenvalue weighted by molar-refractivity contribution is 0.532. The molecule has 2 aromatic heterocycles. The third-order valence-electron chi connectivity index (χ3n) is 2.98. The van der Waals surface area contributed by atoms with E-state index in [1.807, 2.05) is 10.9 Å². The summed E-state index contributed by atoms with van der Waals surface area (Å²) in [6, 6.07) is 0.312. The topological polar surface area (TPSA) is 69.6 Å². The molecule has 0 atom stereocenters. The molecule has 0 spiro atoms. The summed E-state index contributed by atoms with van der Waals surface area (Å²) in [5, 5.41) is 4.33. The minimum Gasteiger partial charge on any atom is -0.383 e. The van der Waals surface area contributed by atoms with Crippen LogP contribution in [0.1, 0.15) is 46.4 Å². The molecule has 0 unspecified atom stereocenters. The minimum absolute atomic E-state index is 0.0730. The summed E-state index contributed by atoms with van der Waals surface area (Å²) in [5.74, 6) is 1.16. The molecule has 2 aromatic rings. The molecule has 0 radical (unpaired) electrons. The monoisotopic (exact) mass is 385 g/mol. The van der Waals surface area contributed by atoms with Crippen LogP contribution in [0, 0.1) is 3.57 Å². The van der Waals surface area contributed by atoms with Crippen LogP contribution in [0.2, 0.25) is 0 Å². The predicted molar refractivity (Wildman–Crippen MR) is 89.5 cm³/mol. The zero-order valence-corrected chi connectivity index (χ0v) is 14.6. The van der Waals surface area contributed by atoms with Gasteiger partial charge in [-0.15, -0.1) is 0 Å². The third kappa shape index (κ3) is 2.94. The smallest absolute Gasteiger partial charge is 0.165 e. The molecule has 0 fully saturated rings. The van der Waals surface area contributed by atoms with Crippen molar-refractivity contribution < 1.29 is 0 Å². The van der Waals surface area contributed by atoms with E-state index in [9.17, 15) is 0 Å². The van der Waals surface area contributed by atoms with E-state index in [0.29, 0.717) is 17.7 Å². The van der Waals surface area contributed by atoms with Gasteiger partial charge in [0, 0.05) is 17.7 Å². The van der Waals surface area contributed by atoms with Gasteiger partial charge in [-0.3, -0.25) is 4.68 Å². The van der Waals surface area contributed by atoms with Gasteiger partial charge in [0.1, 0.15) is 5.82 Å². The van der Waals surface area contributed by atoms with Crippen molar-refractivity contribution in [3.05, 3.63) is 21.7 Å². The largest absolute Gasteiger partial charge is 0.383 e. The van der Waals surface area contributed by atoms with Gasteiger partial charge in [-0.1, -0.05) is 20.8 Å². The highest BCUT2D eigenvalue weighted by Crippen LogP contribution is 2.30. The zero-order chi connectivity index (χ0) is 15.1. The third-order valence-corrected chi connectivity index (χ3v) is 4.04. The van der Waals surface area contributed by atoms with Crippen molar-refractivity contribution >= 4 is 28.4 Å². The van der Waals surface area contributed by atoms with Gasteiger partial charge in [0.15, 0.2) is 5.82 Å². The Hall–Kier alpha value is -1.18. The summed E-state index contributed by atoms with van der Waals surface area (Å²) in [6.07, 6.45) is 3.74. The maximum atomic E-state index is 6.04. The first-order valence-corrected chi connectivity index (χ1v) is 7.66. The first-order chi connectivity index (χ1) is 9.20. The Morgan fingerprint density at radius 3 is 2.40 bits per heavy atom. The fraction of sp³-hybridized carbons (Fsp3) is 0.500. The van der Waals surface area contributed by atoms with Gasteiger partial charge in [-0.05, 0) is 36.4 Å². The lowest BCUT2D eigenvalue weighted by atomic mass is 9.92. The van der Waals surface area contributed by atoms with E-state index >= 15 is 0 Å². The Morgan fingerprint density at radius 2 is 1.90 bits per heavy atom. The number of nitrogen functional groups attached to an aromatic ring is 1. The average molecular weight is 385 g/mol. The van der Waals surface area contributed by atoms with Crippen LogP contribution in [0.5, 0.6) is 0 Å². The molecule has 2 rings (SSSR count). The molecule has 0 amide bonds. The molecule has 0 saturated heterocycles. The maximum Gasteiger partial charge on any atom is 0.165 e. The van der Waals surface area contributed by atoms with Gasteiger partial charge >= 0.3 is 0 Å². The van der Waals surface area contributed by atoms with Crippen LogP contribution in [0.15, 0.2) is 12.4 Å². The normalized spacial score (nSPS) is 12.2. The lowest BCUT2D eigenvalue weighted by Gasteiger charge is -2.20. The summed E-state index contributed by atoms with van der Waals surface area (Å²) >= 11 is 2.21. The number of hydrogen-bond donors (Lipinski definition) is 1. The van der Waals surface area contributed by atoms with Crippen molar-refractivity contribution in [1.82, 2.24) is 19.7 Å². The van der Waals surface area contributed by atoms with Crippen molar-refractivity contribution in [3.63, 3.8) is 0 Å². The molecule has 0 aromatic carbocycles. The molecule has 108 valence electrons. The van der Waals surface area contributed by atoms with E-state index < -0.39 is 0 Å². The van der Waals surface area contributed by atoms with Gasteiger partial charge in [0.05, 0.1) is 21.0 Å². The fourth-order valence-electron chi connectivity index (χ4n) is 1.83. The molecule has 6 heteroatoms. The van der Waals surface area contributed by atoms with E-state index in [4.69, 9.17) is 10.7 Å². The second-order valence-electron chi connectivity index (χ2n) is 6.15. The van der Waals surface area contributed by atoms with Crippen LogP contribution < -0.4 is 5.73 Å². The minimum atomic E-state index is -0.0730. The van der Waals surface area contributed by atoms with Crippen molar-refractivity contribution in [2.75, 3.05) is 5.73 Å². The van der Waals surface area contributed by atoms with Gasteiger partial charge in [-0.25, -0.2) is 9.97 Å². The van der Waals surface area contributed by atoms with Crippen molar-refractivity contribution in [3.8, 4) is 11.4 Å². The SMILES string of the molecule is CC(C)n1cc(-c2nc(N)c(I)c(C(C)(C)C)n2)cn1. The van der Waals surface area contributed by atoms with E-state index in [2.05, 4.69) is 67.3 Å². The molecular weight excluding hydrogens is 365 g/mol. The molecule has 0 aliphatic heterocycles. The number of hydrogen-bond acceptors (Lipinski definition) is 4. The number of aromatic nitrogens is 4. The molecule has 20 heavy (non-hydrogen) atoms. The Balaban J connectivity index is 2.54.